The lowest BCUT2D eigenvalue weighted by atomic mass is 9.75. The van der Waals surface area contributed by atoms with Gasteiger partial charge < -0.3 is 4.90 Å². The molecule has 0 aromatic carbocycles. The number of alkyl halides is 1. The number of hydrogen-bond acceptors (Lipinski definition) is 3. The summed E-state index contributed by atoms with van der Waals surface area (Å²) < 4.78 is 0. The van der Waals surface area contributed by atoms with Crippen LogP contribution in [-0.2, 0) is 0 Å². The predicted molar refractivity (Wildman–Crippen MR) is 79.1 cm³/mol. The van der Waals surface area contributed by atoms with Crippen molar-refractivity contribution in [3.8, 4) is 0 Å². The van der Waals surface area contributed by atoms with Crippen molar-refractivity contribution in [1.29, 1.82) is 0 Å². The molecule has 0 spiro atoms. The fourth-order valence-corrected chi connectivity index (χ4v) is 5.01. The van der Waals surface area contributed by atoms with Crippen molar-refractivity contribution in [3.05, 3.63) is 0 Å². The van der Waals surface area contributed by atoms with E-state index in [0.29, 0.717) is 5.25 Å². The van der Waals surface area contributed by atoms with Crippen molar-refractivity contribution in [2.75, 3.05) is 25.0 Å². The molecule has 1 saturated carbocycles. The molecule has 3 unspecified atom stereocenters. The van der Waals surface area contributed by atoms with Crippen LogP contribution in [0.4, 0.5) is 0 Å². The van der Waals surface area contributed by atoms with Gasteiger partial charge in [-0.2, -0.15) is 0 Å². The highest BCUT2D eigenvalue weighted by atomic mass is 79.9. The summed E-state index contributed by atoms with van der Waals surface area (Å²) in [5.41, 5.74) is 0. The third-order valence-corrected chi connectivity index (χ3v) is 6.89. The van der Waals surface area contributed by atoms with Crippen molar-refractivity contribution < 1.29 is 0 Å². The van der Waals surface area contributed by atoms with Gasteiger partial charge in [-0.25, -0.2) is 0 Å². The molecule has 1 aliphatic carbocycles. The number of amidine groups is 1. The Balaban J connectivity index is 1.59. The molecule has 17 heavy (non-hydrogen) atoms. The summed E-state index contributed by atoms with van der Waals surface area (Å²) >= 11 is 5.56. The zero-order valence-corrected chi connectivity index (χ0v) is 12.7. The highest BCUT2D eigenvalue weighted by molar-refractivity contribution is 9.09. The first-order valence-corrected chi connectivity index (χ1v) is 8.89. The molecule has 2 heterocycles. The minimum atomic E-state index is 0.675. The third-order valence-electron chi connectivity index (χ3n) is 4.44. The van der Waals surface area contributed by atoms with Crippen LogP contribution in [0.3, 0.4) is 0 Å². The lowest BCUT2D eigenvalue weighted by Crippen LogP contribution is -2.43. The first-order chi connectivity index (χ1) is 8.36. The van der Waals surface area contributed by atoms with Crippen LogP contribution in [-0.4, -0.2) is 40.3 Å². The molecule has 3 atom stereocenters. The Morgan fingerprint density at radius 1 is 1.24 bits per heavy atom. The van der Waals surface area contributed by atoms with Gasteiger partial charge in [0.25, 0.3) is 0 Å². The van der Waals surface area contributed by atoms with Crippen molar-refractivity contribution in [1.82, 2.24) is 4.90 Å². The minimum absolute atomic E-state index is 0.675. The molecule has 3 rings (SSSR count). The SMILES string of the molecule is BrCC1CN=C(N2CCC3CCCCC3C2)S1. The molecule has 1 saturated heterocycles. The molecule has 0 amide bonds. The van der Waals surface area contributed by atoms with Gasteiger partial charge in [-0.15, -0.1) is 0 Å². The average Bonchev–Trinajstić information content (AvgIpc) is 2.87. The van der Waals surface area contributed by atoms with Crippen LogP contribution in [0.25, 0.3) is 0 Å². The van der Waals surface area contributed by atoms with E-state index in [1.807, 2.05) is 11.8 Å². The number of piperidine rings is 1. The molecular weight excluding hydrogens is 296 g/mol. The van der Waals surface area contributed by atoms with Gasteiger partial charge >= 0.3 is 0 Å². The first kappa shape index (κ1) is 12.3. The van der Waals surface area contributed by atoms with E-state index in [2.05, 4.69) is 20.8 Å². The number of rotatable bonds is 1. The van der Waals surface area contributed by atoms with Gasteiger partial charge in [-0.3, -0.25) is 4.99 Å². The highest BCUT2D eigenvalue weighted by Gasteiger charge is 2.33. The molecule has 96 valence electrons. The van der Waals surface area contributed by atoms with Crippen LogP contribution < -0.4 is 0 Å². The summed E-state index contributed by atoms with van der Waals surface area (Å²) in [5, 5.41) is 3.08. The number of fused-ring (bicyclic) bond motifs is 1. The molecular formula is C13H21BrN2S. The molecule has 4 heteroatoms. The van der Waals surface area contributed by atoms with Gasteiger partial charge in [0.05, 0.1) is 6.54 Å². The van der Waals surface area contributed by atoms with Gasteiger partial charge in [0.15, 0.2) is 5.17 Å². The average molecular weight is 317 g/mol. The molecule has 3 aliphatic rings. The summed E-state index contributed by atoms with van der Waals surface area (Å²) in [5.74, 6) is 1.99. The highest BCUT2D eigenvalue weighted by Crippen LogP contribution is 2.37. The van der Waals surface area contributed by atoms with Crippen LogP contribution in [0, 0.1) is 11.8 Å². The smallest absolute Gasteiger partial charge is 0.159 e. The third kappa shape index (κ3) is 2.67. The maximum Gasteiger partial charge on any atom is 0.159 e. The van der Waals surface area contributed by atoms with Gasteiger partial charge in [0.1, 0.15) is 0 Å². The molecule has 2 nitrogen and oxygen atoms in total. The molecule has 2 aliphatic heterocycles. The molecule has 0 aromatic heterocycles. The van der Waals surface area contributed by atoms with Crippen molar-refractivity contribution in [3.63, 3.8) is 0 Å². The number of halogens is 1. The minimum Gasteiger partial charge on any atom is -0.351 e. The lowest BCUT2D eigenvalue weighted by Gasteiger charge is -2.42. The van der Waals surface area contributed by atoms with Crippen molar-refractivity contribution in [2.45, 2.75) is 37.4 Å². The Hall–Kier alpha value is 0.300. The van der Waals surface area contributed by atoms with Gasteiger partial charge in [0, 0.05) is 23.7 Å². The zero-order chi connectivity index (χ0) is 11.7. The summed E-state index contributed by atoms with van der Waals surface area (Å²) in [4.78, 5) is 7.29. The summed E-state index contributed by atoms with van der Waals surface area (Å²) in [6, 6.07) is 0. The number of thioether (sulfide) groups is 1. The van der Waals surface area contributed by atoms with Crippen molar-refractivity contribution >= 4 is 32.9 Å². The van der Waals surface area contributed by atoms with E-state index in [1.54, 1.807) is 0 Å². The van der Waals surface area contributed by atoms with Gasteiger partial charge in [0.2, 0.25) is 0 Å². The second kappa shape index (κ2) is 5.52. The topological polar surface area (TPSA) is 15.6 Å². The Bertz CT molecular complexity index is 308. The monoisotopic (exact) mass is 316 g/mol. The maximum atomic E-state index is 4.72. The lowest BCUT2D eigenvalue weighted by molar-refractivity contribution is 0.132. The second-order valence-corrected chi connectivity index (χ2v) is 7.47. The maximum absolute atomic E-state index is 4.72. The van der Waals surface area contributed by atoms with Crippen molar-refractivity contribution in [2.24, 2.45) is 16.8 Å². The quantitative estimate of drug-likeness (QED) is 0.689. The first-order valence-electron chi connectivity index (χ1n) is 6.89. The van der Waals surface area contributed by atoms with E-state index in [9.17, 15) is 0 Å². The van der Waals surface area contributed by atoms with E-state index in [1.165, 1.54) is 50.4 Å². The Morgan fingerprint density at radius 3 is 2.82 bits per heavy atom. The summed E-state index contributed by atoms with van der Waals surface area (Å²) in [6.45, 7) is 3.54. The molecule has 0 N–H and O–H groups in total. The van der Waals surface area contributed by atoms with E-state index in [-0.39, 0.29) is 0 Å². The Morgan fingerprint density at radius 2 is 2.06 bits per heavy atom. The number of hydrogen-bond donors (Lipinski definition) is 0. The largest absolute Gasteiger partial charge is 0.351 e. The van der Waals surface area contributed by atoms with Crippen LogP contribution in [0.5, 0.6) is 0 Å². The van der Waals surface area contributed by atoms with E-state index in [0.717, 1.165) is 23.7 Å². The Kier molecular flexibility index (Phi) is 4.00. The number of aliphatic imine (C=N–C) groups is 1. The van der Waals surface area contributed by atoms with E-state index >= 15 is 0 Å². The number of likely N-dealkylation sites (tertiary alicyclic amines) is 1. The summed E-state index contributed by atoms with van der Waals surface area (Å²) in [6.07, 6.45) is 7.29. The normalized spacial score (nSPS) is 37.8. The molecule has 2 fully saturated rings. The number of nitrogens with zero attached hydrogens (tertiary/aromatic N) is 2. The van der Waals surface area contributed by atoms with Gasteiger partial charge in [-0.05, 0) is 24.7 Å². The van der Waals surface area contributed by atoms with E-state index < -0.39 is 0 Å². The van der Waals surface area contributed by atoms with Crippen LogP contribution in [0.1, 0.15) is 32.1 Å². The standard InChI is InChI=1S/C13H21BrN2S/c14-7-12-8-15-13(17-12)16-6-5-10-3-1-2-4-11(10)9-16/h10-12H,1-9H2. The molecule has 0 aromatic rings. The zero-order valence-electron chi connectivity index (χ0n) is 10.3. The van der Waals surface area contributed by atoms with E-state index in [4.69, 9.17) is 4.99 Å². The molecule has 0 bridgehead atoms. The van der Waals surface area contributed by atoms with Crippen LogP contribution in [0.2, 0.25) is 0 Å². The van der Waals surface area contributed by atoms with Crippen LogP contribution in [0.15, 0.2) is 4.99 Å². The predicted octanol–water partition coefficient (Wildman–Crippen LogP) is 3.36. The second-order valence-electron chi connectivity index (χ2n) is 5.56. The van der Waals surface area contributed by atoms with Gasteiger partial charge in [-0.1, -0.05) is 47.0 Å². The molecule has 0 radical (unpaired) electrons. The van der Waals surface area contributed by atoms with Crippen LogP contribution >= 0.6 is 27.7 Å². The Labute approximate surface area is 117 Å². The fourth-order valence-electron chi connectivity index (χ4n) is 3.43. The fraction of sp³-hybridized carbons (Fsp3) is 0.923. The summed E-state index contributed by atoms with van der Waals surface area (Å²) in [7, 11) is 0.